The van der Waals surface area contributed by atoms with Gasteiger partial charge in [0.15, 0.2) is 0 Å². The number of hydrogen-bond donors (Lipinski definition) is 1. The van der Waals surface area contributed by atoms with E-state index in [1.54, 1.807) is 31.3 Å². The number of carbonyl (C=O) groups excluding carboxylic acids is 1. The average Bonchev–Trinajstić information content (AvgIpc) is 2.98. The van der Waals surface area contributed by atoms with Crippen LogP contribution in [0.15, 0.2) is 46.7 Å². The lowest BCUT2D eigenvalue weighted by Gasteiger charge is -2.16. The molecule has 0 radical (unpaired) electrons. The van der Waals surface area contributed by atoms with Gasteiger partial charge in [0.25, 0.3) is 0 Å². The van der Waals surface area contributed by atoms with Gasteiger partial charge in [0.2, 0.25) is 15.9 Å². The third-order valence-electron chi connectivity index (χ3n) is 3.13. The van der Waals surface area contributed by atoms with E-state index in [0.29, 0.717) is 13.1 Å². The Morgan fingerprint density at radius 1 is 1.23 bits per heavy atom. The molecule has 0 bridgehead atoms. The monoisotopic (exact) mass is 338 g/mol. The molecular weight excluding hydrogens is 320 g/mol. The normalized spacial score (nSPS) is 11.6. The Bertz CT molecular complexity index is 723. The molecule has 1 aromatic carbocycles. The molecule has 7 heteroatoms. The summed E-state index contributed by atoms with van der Waals surface area (Å²) < 4.78 is 26.3. The van der Waals surface area contributed by atoms with Gasteiger partial charge in [-0.3, -0.25) is 4.79 Å². The minimum absolute atomic E-state index is 0.118. The second kappa shape index (κ2) is 7.04. The van der Waals surface area contributed by atoms with E-state index >= 15 is 0 Å². The topological polar surface area (TPSA) is 66.5 Å². The third kappa shape index (κ3) is 4.16. The Labute approximate surface area is 134 Å². The number of amides is 1. The Balaban J connectivity index is 2.10. The van der Waals surface area contributed by atoms with Crippen LogP contribution in [-0.4, -0.2) is 25.7 Å². The molecule has 0 aliphatic heterocycles. The zero-order valence-electron chi connectivity index (χ0n) is 12.4. The first kappa shape index (κ1) is 16.7. The fourth-order valence-corrected chi connectivity index (χ4v) is 3.88. The molecule has 0 aliphatic rings. The Kier molecular flexibility index (Phi) is 5.33. The first-order valence-electron chi connectivity index (χ1n) is 6.71. The van der Waals surface area contributed by atoms with Crippen molar-refractivity contribution in [3.63, 3.8) is 0 Å². The molecule has 1 N–H and O–H groups in total. The van der Waals surface area contributed by atoms with Gasteiger partial charge in [-0.05, 0) is 29.1 Å². The summed E-state index contributed by atoms with van der Waals surface area (Å²) in [4.78, 5) is 12.1. The van der Waals surface area contributed by atoms with Crippen LogP contribution in [0.1, 0.15) is 17.4 Å². The van der Waals surface area contributed by atoms with Crippen molar-refractivity contribution in [2.45, 2.75) is 24.9 Å². The maximum absolute atomic E-state index is 12.5. The molecule has 0 atom stereocenters. The number of sulfonamides is 1. The first-order chi connectivity index (χ1) is 10.4. The van der Waals surface area contributed by atoms with Crippen LogP contribution >= 0.6 is 11.3 Å². The van der Waals surface area contributed by atoms with Crippen molar-refractivity contribution >= 4 is 27.3 Å². The smallest absolute Gasteiger partial charge is 0.243 e. The zero-order chi connectivity index (χ0) is 16.2. The van der Waals surface area contributed by atoms with Gasteiger partial charge in [0.1, 0.15) is 0 Å². The maximum atomic E-state index is 12.5. The minimum atomic E-state index is -3.51. The number of rotatable bonds is 6. The van der Waals surface area contributed by atoms with Crippen LogP contribution in [-0.2, 0) is 27.9 Å². The van der Waals surface area contributed by atoms with Gasteiger partial charge in [-0.1, -0.05) is 18.2 Å². The van der Waals surface area contributed by atoms with Gasteiger partial charge in [-0.2, -0.15) is 4.31 Å². The Morgan fingerprint density at radius 2 is 1.91 bits per heavy atom. The van der Waals surface area contributed by atoms with E-state index in [-0.39, 0.29) is 10.8 Å². The molecule has 1 heterocycles. The van der Waals surface area contributed by atoms with Crippen LogP contribution in [0.5, 0.6) is 0 Å². The van der Waals surface area contributed by atoms with Crippen LogP contribution in [0.4, 0.5) is 0 Å². The van der Waals surface area contributed by atoms with Crippen molar-refractivity contribution in [1.29, 1.82) is 0 Å². The average molecular weight is 338 g/mol. The summed E-state index contributed by atoms with van der Waals surface area (Å²) in [6.45, 7) is 2.19. The molecule has 0 unspecified atom stereocenters. The van der Waals surface area contributed by atoms with Crippen LogP contribution in [0.2, 0.25) is 0 Å². The molecule has 1 aromatic heterocycles. The summed E-state index contributed by atoms with van der Waals surface area (Å²) in [5.41, 5.74) is 0.857. The summed E-state index contributed by atoms with van der Waals surface area (Å²) in [6.07, 6.45) is 0. The van der Waals surface area contributed by atoms with Crippen molar-refractivity contribution in [1.82, 2.24) is 9.62 Å². The van der Waals surface area contributed by atoms with Gasteiger partial charge >= 0.3 is 0 Å². The van der Waals surface area contributed by atoms with Gasteiger partial charge in [-0.15, -0.1) is 11.3 Å². The second-order valence-electron chi connectivity index (χ2n) is 4.89. The largest absolute Gasteiger partial charge is 0.352 e. The number of nitrogens with one attached hydrogen (secondary N) is 1. The number of hydrogen-bond acceptors (Lipinski definition) is 4. The van der Waals surface area contributed by atoms with Crippen LogP contribution in [0.3, 0.4) is 0 Å². The zero-order valence-corrected chi connectivity index (χ0v) is 14.1. The maximum Gasteiger partial charge on any atom is 0.243 e. The molecule has 118 valence electrons. The van der Waals surface area contributed by atoms with E-state index in [1.807, 2.05) is 17.5 Å². The summed E-state index contributed by atoms with van der Waals surface area (Å²) in [5, 5.41) is 4.60. The Morgan fingerprint density at radius 3 is 2.45 bits per heavy atom. The molecule has 2 rings (SSSR count). The third-order valence-corrected chi connectivity index (χ3v) is 5.81. The summed E-state index contributed by atoms with van der Waals surface area (Å²) in [7, 11) is -1.94. The minimum Gasteiger partial charge on any atom is -0.352 e. The van der Waals surface area contributed by atoms with Crippen molar-refractivity contribution < 1.29 is 13.2 Å². The summed E-state index contributed by atoms with van der Waals surface area (Å²) >= 11 is 1.53. The van der Waals surface area contributed by atoms with E-state index in [9.17, 15) is 13.2 Å². The predicted octanol–water partition coefficient (Wildman–Crippen LogP) is 2.20. The highest BCUT2D eigenvalue weighted by molar-refractivity contribution is 7.89. The molecular formula is C15H18N2O3S2. The van der Waals surface area contributed by atoms with Crippen molar-refractivity contribution in [3.05, 3.63) is 52.2 Å². The van der Waals surface area contributed by atoms with Gasteiger partial charge < -0.3 is 5.32 Å². The highest BCUT2D eigenvalue weighted by atomic mass is 32.2. The molecule has 2 aromatic rings. The fraction of sp³-hybridized carbons (Fsp3) is 0.267. The van der Waals surface area contributed by atoms with Gasteiger partial charge in [-0.25, -0.2) is 8.42 Å². The number of benzene rings is 1. The van der Waals surface area contributed by atoms with E-state index in [0.717, 1.165) is 10.4 Å². The molecule has 0 aliphatic carbocycles. The number of carbonyl (C=O) groups is 1. The molecule has 0 spiro atoms. The summed E-state index contributed by atoms with van der Waals surface area (Å²) in [5.74, 6) is -0.118. The highest BCUT2D eigenvalue weighted by Gasteiger charge is 2.21. The van der Waals surface area contributed by atoms with Crippen LogP contribution < -0.4 is 5.32 Å². The van der Waals surface area contributed by atoms with Crippen LogP contribution in [0, 0.1) is 0 Å². The SMILES string of the molecule is CC(=O)NCc1ccc(S(=O)(=O)N(C)Cc2cccs2)cc1. The molecule has 1 amide bonds. The van der Waals surface area contributed by atoms with Crippen molar-refractivity contribution in [2.24, 2.45) is 0 Å². The standard InChI is InChI=1S/C15H18N2O3S2/c1-12(18)16-10-13-5-7-15(8-6-13)22(19,20)17(2)11-14-4-3-9-21-14/h3-9H,10-11H2,1-2H3,(H,16,18). The molecule has 5 nitrogen and oxygen atoms in total. The van der Waals surface area contributed by atoms with Gasteiger partial charge in [0.05, 0.1) is 4.90 Å². The molecule has 0 fully saturated rings. The van der Waals surface area contributed by atoms with E-state index in [4.69, 9.17) is 0 Å². The van der Waals surface area contributed by atoms with Gasteiger partial charge in [0, 0.05) is 31.9 Å². The van der Waals surface area contributed by atoms with Crippen LogP contribution in [0.25, 0.3) is 0 Å². The van der Waals surface area contributed by atoms with Crippen molar-refractivity contribution in [2.75, 3.05) is 7.05 Å². The van der Waals surface area contributed by atoms with E-state index < -0.39 is 10.0 Å². The first-order valence-corrected chi connectivity index (χ1v) is 9.03. The summed E-state index contributed by atoms with van der Waals surface area (Å²) in [6, 6.07) is 10.4. The predicted molar refractivity (Wildman–Crippen MR) is 86.9 cm³/mol. The van der Waals surface area contributed by atoms with Crippen molar-refractivity contribution in [3.8, 4) is 0 Å². The van der Waals surface area contributed by atoms with E-state index in [2.05, 4.69) is 5.32 Å². The lowest BCUT2D eigenvalue weighted by Crippen LogP contribution is -2.26. The highest BCUT2D eigenvalue weighted by Crippen LogP contribution is 2.19. The second-order valence-corrected chi connectivity index (χ2v) is 7.97. The molecule has 0 saturated heterocycles. The Hall–Kier alpha value is -1.70. The number of thiophene rings is 1. The quantitative estimate of drug-likeness (QED) is 0.878. The molecule has 22 heavy (non-hydrogen) atoms. The van der Waals surface area contributed by atoms with E-state index in [1.165, 1.54) is 22.6 Å². The lowest BCUT2D eigenvalue weighted by atomic mass is 10.2. The fourth-order valence-electron chi connectivity index (χ4n) is 1.89. The lowest BCUT2D eigenvalue weighted by molar-refractivity contribution is -0.119. The molecule has 0 saturated carbocycles. The number of nitrogens with zero attached hydrogens (tertiary/aromatic N) is 1.